The maximum absolute atomic E-state index is 9.31. The summed E-state index contributed by atoms with van der Waals surface area (Å²) in [6.07, 6.45) is 4.80. The summed E-state index contributed by atoms with van der Waals surface area (Å²) in [5.41, 5.74) is 1.98. The van der Waals surface area contributed by atoms with Gasteiger partial charge in [-0.25, -0.2) is 0 Å². The molecule has 1 atom stereocenters. The van der Waals surface area contributed by atoms with E-state index < -0.39 is 6.10 Å². The van der Waals surface area contributed by atoms with Crippen LogP contribution in [0.5, 0.6) is 0 Å². The Morgan fingerprint density at radius 1 is 1.43 bits per heavy atom. The van der Waals surface area contributed by atoms with Crippen LogP contribution < -0.4 is 4.90 Å². The van der Waals surface area contributed by atoms with Crippen molar-refractivity contribution in [2.75, 3.05) is 18.5 Å². The highest BCUT2D eigenvalue weighted by Crippen LogP contribution is 2.17. The Bertz CT molecular complexity index is 321. The zero-order valence-corrected chi connectivity index (χ0v) is 8.57. The van der Waals surface area contributed by atoms with Crippen molar-refractivity contribution < 1.29 is 5.11 Å². The lowest BCUT2D eigenvalue weighted by atomic mass is 10.1. The van der Waals surface area contributed by atoms with Crippen molar-refractivity contribution in [3.8, 4) is 12.3 Å². The Kier molecular flexibility index (Phi) is 3.55. The molecule has 1 N–H and O–H groups in total. The molecule has 2 nitrogen and oxygen atoms in total. The number of anilines is 1. The Labute approximate surface area is 85.2 Å². The molecule has 0 unspecified atom stereocenters. The normalized spacial score (nSPS) is 11.9. The Morgan fingerprint density at radius 3 is 2.43 bits per heavy atom. The maximum Gasteiger partial charge on any atom is 0.0788 e. The summed E-state index contributed by atoms with van der Waals surface area (Å²) in [5, 5.41) is 9.31. The van der Waals surface area contributed by atoms with Crippen molar-refractivity contribution in [1.29, 1.82) is 0 Å². The molecule has 14 heavy (non-hydrogen) atoms. The van der Waals surface area contributed by atoms with Gasteiger partial charge in [-0.2, -0.15) is 0 Å². The second-order valence-corrected chi connectivity index (χ2v) is 3.33. The Hall–Kier alpha value is -1.46. The van der Waals surface area contributed by atoms with Gasteiger partial charge in [-0.1, -0.05) is 18.1 Å². The molecule has 1 rings (SSSR count). The van der Waals surface area contributed by atoms with Gasteiger partial charge in [-0.3, -0.25) is 0 Å². The lowest BCUT2D eigenvalue weighted by Gasteiger charge is -2.16. The highest BCUT2D eigenvalue weighted by atomic mass is 16.3. The summed E-state index contributed by atoms with van der Waals surface area (Å²) >= 11 is 0. The van der Waals surface area contributed by atoms with E-state index in [1.807, 2.05) is 36.2 Å². The third kappa shape index (κ3) is 2.51. The first-order chi connectivity index (χ1) is 6.65. The summed E-state index contributed by atoms with van der Waals surface area (Å²) in [6, 6.07) is 7.73. The van der Waals surface area contributed by atoms with E-state index in [-0.39, 0.29) is 0 Å². The predicted octanol–water partition coefficient (Wildman–Crippen LogP) is 1.81. The van der Waals surface area contributed by atoms with Gasteiger partial charge in [0.2, 0.25) is 0 Å². The third-order valence-electron chi connectivity index (χ3n) is 2.14. The largest absolute Gasteiger partial charge is 0.389 e. The second-order valence-electron chi connectivity index (χ2n) is 3.33. The van der Waals surface area contributed by atoms with Gasteiger partial charge in [0.25, 0.3) is 0 Å². The molecule has 0 aliphatic heterocycles. The van der Waals surface area contributed by atoms with Crippen LogP contribution in [0.3, 0.4) is 0 Å². The molecule has 1 aromatic carbocycles. The summed E-state index contributed by atoms with van der Waals surface area (Å²) in [6.45, 7) is 2.34. The van der Waals surface area contributed by atoms with Crippen LogP contribution >= 0.6 is 0 Å². The molecule has 0 aromatic heterocycles. The molecule has 0 fully saturated rings. The minimum Gasteiger partial charge on any atom is -0.389 e. The van der Waals surface area contributed by atoms with Crippen LogP contribution in [-0.2, 0) is 0 Å². The minimum absolute atomic E-state index is 0.415. The average Bonchev–Trinajstić information content (AvgIpc) is 2.18. The lowest BCUT2D eigenvalue weighted by Crippen LogP contribution is -2.16. The quantitative estimate of drug-likeness (QED) is 0.733. The van der Waals surface area contributed by atoms with E-state index in [0.717, 1.165) is 11.3 Å². The molecule has 0 aliphatic carbocycles. The Morgan fingerprint density at radius 2 is 2.00 bits per heavy atom. The molecule has 0 heterocycles. The van der Waals surface area contributed by atoms with E-state index in [9.17, 15) is 5.11 Å². The number of nitrogens with zero attached hydrogens (tertiary/aromatic N) is 1. The number of benzene rings is 1. The van der Waals surface area contributed by atoms with Crippen LogP contribution in [0.1, 0.15) is 18.6 Å². The number of hydrogen-bond donors (Lipinski definition) is 1. The first-order valence-corrected chi connectivity index (χ1v) is 4.57. The molecular weight excluding hydrogens is 174 g/mol. The van der Waals surface area contributed by atoms with Gasteiger partial charge >= 0.3 is 0 Å². The van der Waals surface area contributed by atoms with Gasteiger partial charge in [0.1, 0.15) is 0 Å². The van der Waals surface area contributed by atoms with Gasteiger partial charge < -0.3 is 10.0 Å². The van der Waals surface area contributed by atoms with Gasteiger partial charge in [0, 0.05) is 12.7 Å². The van der Waals surface area contributed by atoms with E-state index in [0.29, 0.717) is 6.54 Å². The minimum atomic E-state index is -0.415. The van der Waals surface area contributed by atoms with Gasteiger partial charge in [-0.05, 0) is 24.6 Å². The van der Waals surface area contributed by atoms with Crippen molar-refractivity contribution in [1.82, 2.24) is 0 Å². The van der Waals surface area contributed by atoms with Gasteiger partial charge in [0.15, 0.2) is 0 Å². The fraction of sp³-hybridized carbons (Fsp3) is 0.333. The first kappa shape index (κ1) is 10.6. The van der Waals surface area contributed by atoms with Crippen molar-refractivity contribution in [3.63, 3.8) is 0 Å². The van der Waals surface area contributed by atoms with Crippen molar-refractivity contribution >= 4 is 5.69 Å². The van der Waals surface area contributed by atoms with Gasteiger partial charge in [-0.15, -0.1) is 6.42 Å². The number of aliphatic hydroxyl groups is 1. The van der Waals surface area contributed by atoms with Crippen LogP contribution in [0.15, 0.2) is 24.3 Å². The van der Waals surface area contributed by atoms with Crippen LogP contribution in [0, 0.1) is 12.3 Å². The van der Waals surface area contributed by atoms with Crippen molar-refractivity contribution in [2.45, 2.75) is 13.0 Å². The molecule has 74 valence electrons. The second kappa shape index (κ2) is 4.69. The van der Waals surface area contributed by atoms with Crippen LogP contribution in [-0.4, -0.2) is 18.7 Å². The number of rotatable bonds is 3. The topological polar surface area (TPSA) is 23.5 Å². The molecule has 1 aromatic rings. The molecule has 0 saturated heterocycles. The molecule has 0 radical (unpaired) electrons. The number of aliphatic hydroxyl groups excluding tert-OH is 1. The lowest BCUT2D eigenvalue weighted by molar-refractivity contribution is 0.199. The van der Waals surface area contributed by atoms with E-state index in [1.54, 1.807) is 6.92 Å². The number of hydrogen-bond acceptors (Lipinski definition) is 2. The summed E-state index contributed by atoms with van der Waals surface area (Å²) < 4.78 is 0. The highest BCUT2D eigenvalue weighted by Gasteiger charge is 2.02. The zero-order chi connectivity index (χ0) is 10.6. The van der Waals surface area contributed by atoms with E-state index in [4.69, 9.17) is 6.42 Å². The van der Waals surface area contributed by atoms with Crippen molar-refractivity contribution in [2.24, 2.45) is 0 Å². The Balaban J connectivity index is 2.78. The zero-order valence-electron chi connectivity index (χ0n) is 8.57. The van der Waals surface area contributed by atoms with Gasteiger partial charge in [0.05, 0.1) is 12.6 Å². The van der Waals surface area contributed by atoms with E-state index in [2.05, 4.69) is 5.92 Å². The van der Waals surface area contributed by atoms with Crippen molar-refractivity contribution in [3.05, 3.63) is 29.8 Å². The molecule has 0 bridgehead atoms. The van der Waals surface area contributed by atoms with Crippen LogP contribution in [0.25, 0.3) is 0 Å². The first-order valence-electron chi connectivity index (χ1n) is 4.57. The standard InChI is InChI=1S/C12H15NO/c1-4-9-13(3)12-7-5-11(6-8-12)10(2)14/h1,5-8,10,14H,9H2,2-3H3/t10-/m0/s1. The SMILES string of the molecule is C#CCN(C)c1ccc([C@H](C)O)cc1. The summed E-state index contributed by atoms with van der Waals surface area (Å²) in [5.74, 6) is 2.58. The monoisotopic (exact) mass is 189 g/mol. The average molecular weight is 189 g/mol. The van der Waals surface area contributed by atoms with Crippen LogP contribution in [0.4, 0.5) is 5.69 Å². The molecule has 0 aliphatic rings. The maximum atomic E-state index is 9.31. The third-order valence-corrected chi connectivity index (χ3v) is 2.14. The predicted molar refractivity (Wildman–Crippen MR) is 59.2 cm³/mol. The molecule has 0 amide bonds. The van der Waals surface area contributed by atoms with E-state index in [1.165, 1.54) is 0 Å². The number of terminal acetylenes is 1. The molecule has 0 spiro atoms. The van der Waals surface area contributed by atoms with E-state index >= 15 is 0 Å². The summed E-state index contributed by atoms with van der Waals surface area (Å²) in [7, 11) is 1.94. The molecule has 2 heteroatoms. The summed E-state index contributed by atoms with van der Waals surface area (Å²) in [4.78, 5) is 1.98. The smallest absolute Gasteiger partial charge is 0.0788 e. The molecular formula is C12H15NO. The highest BCUT2D eigenvalue weighted by molar-refractivity contribution is 5.48. The molecule has 0 saturated carbocycles. The van der Waals surface area contributed by atoms with Crippen LogP contribution in [0.2, 0.25) is 0 Å². The fourth-order valence-electron chi connectivity index (χ4n) is 1.24. The fourth-order valence-corrected chi connectivity index (χ4v) is 1.24.